The van der Waals surface area contributed by atoms with Gasteiger partial charge in [0.2, 0.25) is 0 Å². The lowest BCUT2D eigenvalue weighted by Crippen LogP contribution is -2.25. The van der Waals surface area contributed by atoms with Gasteiger partial charge in [0.05, 0.1) is 29.5 Å². The highest BCUT2D eigenvalue weighted by Gasteiger charge is 2.19. The van der Waals surface area contributed by atoms with Crippen molar-refractivity contribution in [3.63, 3.8) is 0 Å². The number of nitrogens with one attached hydrogen (secondary N) is 2. The molecule has 0 bridgehead atoms. The molecule has 5 rings (SSSR count). The lowest BCUT2D eigenvalue weighted by Gasteiger charge is -2.04. The van der Waals surface area contributed by atoms with E-state index in [1.54, 1.807) is 23.7 Å². The van der Waals surface area contributed by atoms with Crippen LogP contribution in [0.3, 0.4) is 0 Å². The van der Waals surface area contributed by atoms with Crippen LogP contribution in [-0.2, 0) is 20.0 Å². The highest BCUT2D eigenvalue weighted by atomic mass is 32.1. The van der Waals surface area contributed by atoms with Gasteiger partial charge in [0.25, 0.3) is 5.56 Å². The lowest BCUT2D eigenvalue weighted by atomic mass is 10.3. The molecule has 136 valence electrons. The van der Waals surface area contributed by atoms with Crippen molar-refractivity contribution in [3.05, 3.63) is 51.5 Å². The lowest BCUT2D eigenvalue weighted by molar-refractivity contribution is 0.636. The van der Waals surface area contributed by atoms with Crippen LogP contribution in [0.5, 0.6) is 0 Å². The number of nitrogen functional groups attached to an aromatic ring is 1. The number of rotatable bonds is 4. The molecule has 0 unspecified atom stereocenters. The molecule has 0 spiro atoms. The van der Waals surface area contributed by atoms with Gasteiger partial charge < -0.3 is 15.3 Å². The zero-order valence-electron chi connectivity index (χ0n) is 14.3. The molecule has 0 saturated carbocycles. The van der Waals surface area contributed by atoms with Crippen molar-refractivity contribution in [1.29, 1.82) is 0 Å². The number of imidazole rings is 1. The predicted molar refractivity (Wildman–Crippen MR) is 102 cm³/mol. The summed E-state index contributed by atoms with van der Waals surface area (Å²) >= 11 is 1.56. The first-order valence-electron chi connectivity index (χ1n) is 8.21. The zero-order chi connectivity index (χ0) is 18.5. The number of thiazole rings is 1. The normalized spacial score (nSPS) is 11.7. The third kappa shape index (κ3) is 2.43. The second-order valence-corrected chi connectivity index (χ2v) is 7.30. The fraction of sp³-hybridized carbons (Fsp3) is 0.188. The number of nitrogens with two attached hydrogens (primary N) is 1. The van der Waals surface area contributed by atoms with Crippen molar-refractivity contribution >= 4 is 38.4 Å². The number of hydrogen-bond donors (Lipinski definition) is 3. The van der Waals surface area contributed by atoms with Crippen molar-refractivity contribution in [2.24, 2.45) is 7.05 Å². The largest absolute Gasteiger partial charge is 0.382 e. The Morgan fingerprint density at radius 1 is 1.37 bits per heavy atom. The van der Waals surface area contributed by atoms with Gasteiger partial charge in [-0.2, -0.15) is 10.2 Å². The average molecular weight is 381 g/mol. The van der Waals surface area contributed by atoms with Gasteiger partial charge in [-0.05, 0) is 6.07 Å². The number of fused-ring (bicyclic) bond motifs is 3. The van der Waals surface area contributed by atoms with Crippen molar-refractivity contribution in [2.75, 3.05) is 5.73 Å². The summed E-state index contributed by atoms with van der Waals surface area (Å²) in [4.78, 5) is 24.6. The van der Waals surface area contributed by atoms with Gasteiger partial charge in [0, 0.05) is 30.7 Å². The number of aromatic nitrogens is 8. The molecular formula is C16H15N9OS. The number of aryl methyl sites for hydroxylation is 1. The number of aromatic amines is 2. The van der Waals surface area contributed by atoms with Crippen molar-refractivity contribution in [2.45, 2.75) is 13.0 Å². The van der Waals surface area contributed by atoms with Gasteiger partial charge in [-0.25, -0.2) is 14.6 Å². The summed E-state index contributed by atoms with van der Waals surface area (Å²) in [5, 5.41) is 13.0. The summed E-state index contributed by atoms with van der Waals surface area (Å²) in [6.45, 7) is 0.234. The van der Waals surface area contributed by atoms with Crippen LogP contribution in [-0.4, -0.2) is 39.5 Å². The van der Waals surface area contributed by atoms with Crippen LogP contribution in [0.15, 0.2) is 29.6 Å². The van der Waals surface area contributed by atoms with Gasteiger partial charge in [-0.3, -0.25) is 9.89 Å². The SMILES string of the molecule is Cn1c2nc(Cc3ccn[nH]3)sc2c2cnn(Cc3[nH]cnc3N)c(=O)c21. The predicted octanol–water partition coefficient (Wildman–Crippen LogP) is 1.01. The molecule has 0 saturated heterocycles. The molecular weight excluding hydrogens is 366 g/mol. The zero-order valence-corrected chi connectivity index (χ0v) is 15.1. The molecule has 0 aromatic carbocycles. The van der Waals surface area contributed by atoms with E-state index in [1.165, 1.54) is 11.0 Å². The maximum absolute atomic E-state index is 13.0. The van der Waals surface area contributed by atoms with E-state index in [1.807, 2.05) is 17.7 Å². The molecule has 0 amide bonds. The van der Waals surface area contributed by atoms with Crippen molar-refractivity contribution in [1.82, 2.24) is 39.5 Å². The van der Waals surface area contributed by atoms with E-state index in [0.29, 0.717) is 23.4 Å². The second kappa shape index (κ2) is 5.77. The Bertz CT molecular complexity index is 1320. The van der Waals surface area contributed by atoms with E-state index in [-0.39, 0.29) is 12.1 Å². The van der Waals surface area contributed by atoms with Crippen LogP contribution in [0.1, 0.15) is 16.4 Å². The van der Waals surface area contributed by atoms with Crippen LogP contribution >= 0.6 is 11.3 Å². The Labute approximate surface area is 155 Å². The highest BCUT2D eigenvalue weighted by molar-refractivity contribution is 7.19. The Kier molecular flexibility index (Phi) is 3.37. The summed E-state index contributed by atoms with van der Waals surface area (Å²) < 4.78 is 4.16. The standard InChI is InChI=1S/C16H15N9OS/c1-24-12-9(5-21-25(16(12)26)6-10-14(17)19-7-18-10)13-15(24)22-11(27-13)4-8-2-3-20-23-8/h2-3,5,7H,4,6,17H2,1H3,(H,18,19)(H,20,23). The third-order valence-electron chi connectivity index (χ3n) is 4.53. The minimum absolute atomic E-state index is 0.190. The highest BCUT2D eigenvalue weighted by Crippen LogP contribution is 2.31. The van der Waals surface area contributed by atoms with Gasteiger partial charge >= 0.3 is 0 Å². The molecule has 0 atom stereocenters. The summed E-state index contributed by atoms with van der Waals surface area (Å²) in [6.07, 6.45) is 5.60. The Morgan fingerprint density at radius 3 is 3.00 bits per heavy atom. The Hall–Kier alpha value is -3.47. The van der Waals surface area contributed by atoms with Crippen LogP contribution in [0.25, 0.3) is 21.3 Å². The van der Waals surface area contributed by atoms with Crippen molar-refractivity contribution < 1.29 is 0 Å². The molecule has 5 aromatic heterocycles. The maximum atomic E-state index is 13.0. The van der Waals surface area contributed by atoms with Gasteiger partial charge in [0.1, 0.15) is 16.3 Å². The van der Waals surface area contributed by atoms with Gasteiger partial charge in [-0.1, -0.05) is 0 Å². The average Bonchev–Trinajstić information content (AvgIpc) is 3.41. The minimum atomic E-state index is -0.190. The maximum Gasteiger partial charge on any atom is 0.291 e. The monoisotopic (exact) mass is 381 g/mol. The first kappa shape index (κ1) is 15.8. The molecule has 10 nitrogen and oxygen atoms in total. The van der Waals surface area contributed by atoms with Crippen LogP contribution < -0.4 is 11.3 Å². The van der Waals surface area contributed by atoms with Crippen LogP contribution in [0, 0.1) is 0 Å². The Morgan fingerprint density at radius 2 is 2.26 bits per heavy atom. The molecule has 0 aliphatic rings. The molecule has 4 N–H and O–H groups in total. The van der Waals surface area contributed by atoms with E-state index in [2.05, 4.69) is 25.3 Å². The van der Waals surface area contributed by atoms with Crippen molar-refractivity contribution in [3.8, 4) is 0 Å². The summed E-state index contributed by atoms with van der Waals surface area (Å²) in [5.41, 5.74) is 8.60. The fourth-order valence-electron chi connectivity index (χ4n) is 3.17. The molecule has 27 heavy (non-hydrogen) atoms. The minimum Gasteiger partial charge on any atom is -0.382 e. The summed E-state index contributed by atoms with van der Waals surface area (Å²) in [7, 11) is 1.85. The van der Waals surface area contributed by atoms with Gasteiger partial charge in [0.15, 0.2) is 5.65 Å². The molecule has 0 aliphatic carbocycles. The van der Waals surface area contributed by atoms with E-state index in [0.717, 1.165) is 26.4 Å². The number of hydrogen-bond acceptors (Lipinski definition) is 7. The topological polar surface area (TPSA) is 136 Å². The van der Waals surface area contributed by atoms with E-state index >= 15 is 0 Å². The van der Waals surface area contributed by atoms with E-state index in [9.17, 15) is 4.79 Å². The fourth-order valence-corrected chi connectivity index (χ4v) is 4.30. The van der Waals surface area contributed by atoms with E-state index < -0.39 is 0 Å². The molecule has 0 radical (unpaired) electrons. The molecule has 5 aromatic rings. The second-order valence-electron chi connectivity index (χ2n) is 6.21. The molecule has 5 heterocycles. The molecule has 11 heteroatoms. The summed E-state index contributed by atoms with van der Waals surface area (Å²) in [5.74, 6) is 0.363. The smallest absolute Gasteiger partial charge is 0.291 e. The first-order chi connectivity index (χ1) is 13.1. The van der Waals surface area contributed by atoms with E-state index in [4.69, 9.17) is 10.7 Å². The molecule has 0 fully saturated rings. The molecule has 0 aliphatic heterocycles. The number of anilines is 1. The number of H-pyrrole nitrogens is 2. The van der Waals surface area contributed by atoms with Gasteiger partial charge in [-0.15, -0.1) is 11.3 Å². The number of nitrogens with zero attached hydrogens (tertiary/aromatic N) is 6. The summed E-state index contributed by atoms with van der Waals surface area (Å²) in [6, 6.07) is 1.92. The first-order valence-corrected chi connectivity index (χ1v) is 9.03. The third-order valence-corrected chi connectivity index (χ3v) is 5.61. The Balaban J connectivity index is 1.61. The van der Waals surface area contributed by atoms with Crippen LogP contribution in [0.2, 0.25) is 0 Å². The van der Waals surface area contributed by atoms with Crippen LogP contribution in [0.4, 0.5) is 5.82 Å². The quantitative estimate of drug-likeness (QED) is 0.425.